The number of hydrogen-bond donors (Lipinski definition) is 1. The topological polar surface area (TPSA) is 58.6 Å². The standard InChI is InChI=1S/C18H16N2O3/c1-2-23-16-11-7-6-10-15(16)20-17(21)12-14(18(20)22)19-13-8-4-3-5-9-13/h3-12,19H,2H2,1H3. The molecule has 5 nitrogen and oxygen atoms in total. The third-order valence-electron chi connectivity index (χ3n) is 3.38. The predicted molar refractivity (Wildman–Crippen MR) is 88.3 cm³/mol. The van der Waals surface area contributed by atoms with Crippen LogP contribution in [0.5, 0.6) is 5.75 Å². The van der Waals surface area contributed by atoms with Crippen molar-refractivity contribution in [3.05, 3.63) is 66.4 Å². The summed E-state index contributed by atoms with van der Waals surface area (Å²) in [5.41, 5.74) is 1.44. The third kappa shape index (κ3) is 2.94. The maximum Gasteiger partial charge on any atom is 0.282 e. The fraction of sp³-hybridized carbons (Fsp3) is 0.111. The minimum Gasteiger partial charge on any atom is -0.492 e. The molecule has 5 heteroatoms. The zero-order valence-electron chi connectivity index (χ0n) is 12.7. The summed E-state index contributed by atoms with van der Waals surface area (Å²) in [6, 6.07) is 16.2. The van der Waals surface area contributed by atoms with Crippen LogP contribution in [0.25, 0.3) is 0 Å². The van der Waals surface area contributed by atoms with Gasteiger partial charge in [0.2, 0.25) is 0 Å². The lowest BCUT2D eigenvalue weighted by atomic mass is 10.2. The van der Waals surface area contributed by atoms with Gasteiger partial charge in [-0.25, -0.2) is 4.90 Å². The lowest BCUT2D eigenvalue weighted by Gasteiger charge is -2.18. The molecular formula is C18H16N2O3. The average Bonchev–Trinajstić information content (AvgIpc) is 2.83. The second kappa shape index (κ2) is 6.36. The molecule has 0 saturated heterocycles. The Morgan fingerprint density at radius 3 is 2.43 bits per heavy atom. The van der Waals surface area contributed by atoms with Crippen LogP contribution in [0.1, 0.15) is 6.92 Å². The Labute approximate surface area is 134 Å². The van der Waals surface area contributed by atoms with Gasteiger partial charge in [-0.05, 0) is 31.2 Å². The molecule has 0 aromatic heterocycles. The molecule has 0 unspecified atom stereocenters. The summed E-state index contributed by atoms with van der Waals surface area (Å²) in [6.45, 7) is 2.31. The molecular weight excluding hydrogens is 292 g/mol. The molecule has 23 heavy (non-hydrogen) atoms. The number of rotatable bonds is 5. The summed E-state index contributed by atoms with van der Waals surface area (Å²) in [6.07, 6.45) is 1.30. The van der Waals surface area contributed by atoms with E-state index in [1.165, 1.54) is 6.08 Å². The highest BCUT2D eigenvalue weighted by atomic mass is 16.5. The van der Waals surface area contributed by atoms with Crippen LogP contribution in [0.2, 0.25) is 0 Å². The molecule has 2 amide bonds. The normalized spacial score (nSPS) is 14.0. The SMILES string of the molecule is CCOc1ccccc1N1C(=O)C=C(Nc2ccccc2)C1=O. The Kier molecular flexibility index (Phi) is 4.10. The van der Waals surface area contributed by atoms with Gasteiger partial charge in [0.15, 0.2) is 0 Å². The van der Waals surface area contributed by atoms with Gasteiger partial charge in [0.25, 0.3) is 11.8 Å². The van der Waals surface area contributed by atoms with Crippen molar-refractivity contribution in [2.75, 3.05) is 16.8 Å². The van der Waals surface area contributed by atoms with E-state index in [1.807, 2.05) is 37.3 Å². The molecule has 2 aromatic rings. The van der Waals surface area contributed by atoms with Crippen molar-refractivity contribution in [3.63, 3.8) is 0 Å². The highest BCUT2D eigenvalue weighted by Crippen LogP contribution is 2.32. The van der Waals surface area contributed by atoms with E-state index in [2.05, 4.69) is 5.32 Å². The van der Waals surface area contributed by atoms with Crippen LogP contribution in [-0.2, 0) is 9.59 Å². The number of carbonyl (C=O) groups is 2. The highest BCUT2D eigenvalue weighted by Gasteiger charge is 2.34. The van der Waals surface area contributed by atoms with Crippen molar-refractivity contribution in [1.82, 2.24) is 0 Å². The maximum absolute atomic E-state index is 12.6. The fourth-order valence-electron chi connectivity index (χ4n) is 2.38. The molecule has 0 aliphatic carbocycles. The van der Waals surface area contributed by atoms with Gasteiger partial charge >= 0.3 is 0 Å². The molecule has 1 aliphatic rings. The van der Waals surface area contributed by atoms with E-state index in [9.17, 15) is 9.59 Å². The van der Waals surface area contributed by atoms with E-state index in [-0.39, 0.29) is 11.6 Å². The summed E-state index contributed by atoms with van der Waals surface area (Å²) in [4.78, 5) is 26.0. The van der Waals surface area contributed by atoms with Crippen molar-refractivity contribution < 1.29 is 14.3 Å². The average molecular weight is 308 g/mol. The van der Waals surface area contributed by atoms with E-state index >= 15 is 0 Å². The maximum atomic E-state index is 12.6. The van der Waals surface area contributed by atoms with Gasteiger partial charge in [-0.2, -0.15) is 0 Å². The van der Waals surface area contributed by atoms with Gasteiger partial charge in [0, 0.05) is 11.8 Å². The Hall–Kier alpha value is -3.08. The van der Waals surface area contributed by atoms with Gasteiger partial charge < -0.3 is 10.1 Å². The molecule has 0 atom stereocenters. The van der Waals surface area contributed by atoms with Crippen molar-refractivity contribution in [1.29, 1.82) is 0 Å². The van der Waals surface area contributed by atoms with Crippen LogP contribution in [0, 0.1) is 0 Å². The number of benzene rings is 2. The van der Waals surface area contributed by atoms with Crippen molar-refractivity contribution in [2.45, 2.75) is 6.92 Å². The largest absolute Gasteiger partial charge is 0.492 e. The smallest absolute Gasteiger partial charge is 0.282 e. The molecule has 0 bridgehead atoms. The van der Waals surface area contributed by atoms with E-state index in [1.54, 1.807) is 24.3 Å². The van der Waals surface area contributed by atoms with Crippen molar-refractivity contribution in [3.8, 4) is 5.75 Å². The molecule has 0 saturated carbocycles. The number of para-hydroxylation sites is 3. The first kappa shape index (κ1) is 14.8. The van der Waals surface area contributed by atoms with Crippen LogP contribution < -0.4 is 15.0 Å². The Bertz CT molecular complexity index is 769. The van der Waals surface area contributed by atoms with Gasteiger partial charge in [0.1, 0.15) is 11.4 Å². The van der Waals surface area contributed by atoms with Crippen LogP contribution >= 0.6 is 0 Å². The van der Waals surface area contributed by atoms with Gasteiger partial charge in [-0.15, -0.1) is 0 Å². The Morgan fingerprint density at radius 2 is 1.70 bits per heavy atom. The number of nitrogens with one attached hydrogen (secondary N) is 1. The summed E-state index contributed by atoms with van der Waals surface area (Å²) in [7, 11) is 0. The van der Waals surface area contributed by atoms with Gasteiger partial charge in [-0.1, -0.05) is 30.3 Å². The van der Waals surface area contributed by atoms with E-state index in [0.29, 0.717) is 18.0 Å². The van der Waals surface area contributed by atoms with Crippen LogP contribution in [0.4, 0.5) is 11.4 Å². The molecule has 116 valence electrons. The number of anilines is 2. The molecule has 0 fully saturated rings. The highest BCUT2D eigenvalue weighted by molar-refractivity contribution is 6.31. The number of carbonyl (C=O) groups excluding carboxylic acids is 2. The molecule has 1 aliphatic heterocycles. The Morgan fingerprint density at radius 1 is 1.00 bits per heavy atom. The minimum atomic E-state index is -0.397. The van der Waals surface area contributed by atoms with E-state index < -0.39 is 5.91 Å². The summed E-state index contributed by atoms with van der Waals surface area (Å²) in [5, 5.41) is 2.98. The Balaban J connectivity index is 1.87. The molecule has 0 radical (unpaired) electrons. The van der Waals surface area contributed by atoms with Crippen LogP contribution in [-0.4, -0.2) is 18.4 Å². The predicted octanol–water partition coefficient (Wildman–Crippen LogP) is 2.95. The first-order valence-electron chi connectivity index (χ1n) is 7.34. The molecule has 2 aromatic carbocycles. The number of hydrogen-bond acceptors (Lipinski definition) is 4. The first-order chi connectivity index (χ1) is 11.2. The minimum absolute atomic E-state index is 0.243. The molecule has 3 rings (SSSR count). The zero-order valence-corrected chi connectivity index (χ0v) is 12.7. The van der Waals surface area contributed by atoms with E-state index in [4.69, 9.17) is 4.74 Å². The zero-order chi connectivity index (χ0) is 16.2. The molecule has 1 N–H and O–H groups in total. The van der Waals surface area contributed by atoms with Crippen LogP contribution in [0.15, 0.2) is 66.4 Å². The summed E-state index contributed by atoms with van der Waals surface area (Å²) >= 11 is 0. The number of amides is 2. The van der Waals surface area contributed by atoms with Crippen LogP contribution in [0.3, 0.4) is 0 Å². The first-order valence-corrected chi connectivity index (χ1v) is 7.34. The van der Waals surface area contributed by atoms with Crippen molar-refractivity contribution >= 4 is 23.2 Å². The molecule has 0 spiro atoms. The number of imide groups is 1. The van der Waals surface area contributed by atoms with Gasteiger partial charge in [-0.3, -0.25) is 9.59 Å². The second-order valence-electron chi connectivity index (χ2n) is 4.93. The quantitative estimate of drug-likeness (QED) is 0.863. The second-order valence-corrected chi connectivity index (χ2v) is 4.93. The lowest BCUT2D eigenvalue weighted by Crippen LogP contribution is -2.32. The summed E-state index contributed by atoms with van der Waals surface area (Å²) in [5.74, 6) is -0.280. The van der Waals surface area contributed by atoms with E-state index in [0.717, 1.165) is 10.6 Å². The number of ether oxygens (including phenoxy) is 1. The van der Waals surface area contributed by atoms with Crippen molar-refractivity contribution in [2.24, 2.45) is 0 Å². The summed E-state index contributed by atoms with van der Waals surface area (Å²) < 4.78 is 5.51. The lowest BCUT2D eigenvalue weighted by molar-refractivity contribution is -0.120. The molecule has 1 heterocycles. The number of nitrogens with zero attached hydrogens (tertiary/aromatic N) is 1. The monoisotopic (exact) mass is 308 g/mol. The van der Waals surface area contributed by atoms with Gasteiger partial charge in [0.05, 0.1) is 12.3 Å². The third-order valence-corrected chi connectivity index (χ3v) is 3.38. The fourth-order valence-corrected chi connectivity index (χ4v) is 2.38.